The summed E-state index contributed by atoms with van der Waals surface area (Å²) >= 11 is 0. The predicted octanol–water partition coefficient (Wildman–Crippen LogP) is 5.71. The van der Waals surface area contributed by atoms with E-state index in [0.717, 1.165) is 5.56 Å². The highest BCUT2D eigenvalue weighted by Crippen LogP contribution is 2.45. The van der Waals surface area contributed by atoms with Crippen LogP contribution in [0.5, 0.6) is 0 Å². The summed E-state index contributed by atoms with van der Waals surface area (Å²) in [6.45, 7) is 11.6. The van der Waals surface area contributed by atoms with Crippen molar-refractivity contribution in [2.75, 3.05) is 6.23 Å². The number of hydrogen-bond donors (Lipinski definition) is 1. The van der Waals surface area contributed by atoms with Gasteiger partial charge in [0.15, 0.2) is 0 Å². The van der Waals surface area contributed by atoms with Crippen LogP contribution in [-0.4, -0.2) is 24.6 Å². The predicted molar refractivity (Wildman–Crippen MR) is 117 cm³/mol. The first-order chi connectivity index (χ1) is 12.7. The molecule has 0 amide bonds. The van der Waals surface area contributed by atoms with Crippen molar-refractivity contribution < 1.29 is 9.84 Å². The molecule has 27 heavy (non-hydrogen) atoms. The molecule has 0 unspecified atom stereocenters. The van der Waals surface area contributed by atoms with Crippen molar-refractivity contribution in [2.45, 2.75) is 57.5 Å². The lowest BCUT2D eigenvalue weighted by atomic mass is 10.1. The van der Waals surface area contributed by atoms with Crippen molar-refractivity contribution in [1.29, 1.82) is 0 Å². The maximum atomic E-state index is 11.9. The summed E-state index contributed by atoms with van der Waals surface area (Å²) in [6, 6.07) is 20.5. The fourth-order valence-corrected chi connectivity index (χ4v) is 7.18. The van der Waals surface area contributed by atoms with Crippen LogP contribution in [0.3, 0.4) is 0 Å². The third-order valence-electron chi connectivity index (χ3n) is 5.87. The van der Waals surface area contributed by atoms with Gasteiger partial charge in [0.1, 0.15) is 8.07 Å². The van der Waals surface area contributed by atoms with Gasteiger partial charge in [-0.25, -0.2) is 0 Å². The summed E-state index contributed by atoms with van der Waals surface area (Å²) in [5, 5.41) is 11.0. The second-order valence-electron chi connectivity index (χ2n) is 8.65. The van der Waals surface area contributed by atoms with E-state index >= 15 is 0 Å². The zero-order chi connectivity index (χ0) is 20.0. The minimum atomic E-state index is -2.32. The first kappa shape index (κ1) is 21.6. The molecular formula is C24H34O2Si. The van der Waals surface area contributed by atoms with Crippen molar-refractivity contribution in [3.05, 3.63) is 83.9 Å². The van der Waals surface area contributed by atoms with E-state index < -0.39 is 13.3 Å². The van der Waals surface area contributed by atoms with Gasteiger partial charge in [-0.05, 0) is 23.1 Å². The summed E-state index contributed by atoms with van der Waals surface area (Å²) in [6.07, 6.45) is 5.21. The molecule has 0 aliphatic carbocycles. The second kappa shape index (κ2) is 9.00. The highest BCUT2D eigenvalue weighted by atomic mass is 28.3. The van der Waals surface area contributed by atoms with Gasteiger partial charge in [-0.1, -0.05) is 100 Å². The molecule has 0 saturated carbocycles. The Morgan fingerprint density at radius 1 is 0.926 bits per heavy atom. The molecule has 0 aromatic heterocycles. The van der Waals surface area contributed by atoms with E-state index in [1.165, 1.54) is 5.56 Å². The highest BCUT2D eigenvalue weighted by molar-refractivity contribution is 6.84. The molecule has 0 aliphatic rings. The molecule has 0 saturated heterocycles. The lowest BCUT2D eigenvalue weighted by Crippen LogP contribution is -2.65. The van der Waals surface area contributed by atoms with E-state index in [1.807, 2.05) is 55.5 Å². The van der Waals surface area contributed by atoms with Gasteiger partial charge < -0.3 is 9.84 Å². The number of hydrogen-bond acceptors (Lipinski definition) is 2. The van der Waals surface area contributed by atoms with Crippen molar-refractivity contribution >= 4 is 8.07 Å². The average molecular weight is 383 g/mol. The largest absolute Gasteiger partial charge is 0.389 e. The van der Waals surface area contributed by atoms with Gasteiger partial charge in [-0.2, -0.15) is 0 Å². The number of allylic oxidation sites excluding steroid dienone is 1. The van der Waals surface area contributed by atoms with Crippen LogP contribution in [0.2, 0.25) is 11.6 Å². The second-order valence-corrected chi connectivity index (χ2v) is 14.0. The Hall–Kier alpha value is -1.68. The third-order valence-corrected chi connectivity index (χ3v) is 12.2. The van der Waals surface area contributed by atoms with Crippen LogP contribution in [0, 0.1) is 0 Å². The maximum absolute atomic E-state index is 11.9. The fourth-order valence-electron chi connectivity index (χ4n) is 3.56. The summed E-state index contributed by atoms with van der Waals surface area (Å²) in [5.41, 5.74) is 2.32. The van der Waals surface area contributed by atoms with Crippen molar-refractivity contribution in [2.24, 2.45) is 0 Å². The smallest absolute Gasteiger partial charge is 0.127 e. The Labute approximate surface area is 165 Å². The van der Waals surface area contributed by atoms with Crippen LogP contribution in [0.4, 0.5) is 0 Å². The SMILES string of the molecule is C/C=C\[C@](O)(Cc1ccccc1)[Si@](C)(COCc1ccccc1)C(C)(C)C. The topological polar surface area (TPSA) is 29.5 Å². The lowest BCUT2D eigenvalue weighted by molar-refractivity contribution is 0.120. The van der Waals surface area contributed by atoms with E-state index in [-0.39, 0.29) is 5.04 Å². The Morgan fingerprint density at radius 3 is 1.93 bits per heavy atom. The fraction of sp³-hybridized carbons (Fsp3) is 0.417. The molecule has 0 spiro atoms. The van der Waals surface area contributed by atoms with Crippen molar-refractivity contribution in [3.8, 4) is 0 Å². The summed E-state index contributed by atoms with van der Waals surface area (Å²) < 4.78 is 6.21. The quantitative estimate of drug-likeness (QED) is 0.468. The summed E-state index contributed by atoms with van der Waals surface area (Å²) in [7, 11) is -2.32. The third kappa shape index (κ3) is 5.19. The zero-order valence-corrected chi connectivity index (χ0v) is 18.4. The molecule has 0 bridgehead atoms. The monoisotopic (exact) mass is 382 g/mol. The number of benzene rings is 2. The van der Waals surface area contributed by atoms with Gasteiger partial charge in [-0.15, -0.1) is 0 Å². The molecule has 2 aromatic rings. The van der Waals surface area contributed by atoms with E-state index in [9.17, 15) is 5.11 Å². The first-order valence-corrected chi connectivity index (χ1v) is 12.4. The molecule has 1 N–H and O–H groups in total. The molecule has 2 nitrogen and oxygen atoms in total. The number of ether oxygens (including phenoxy) is 1. The van der Waals surface area contributed by atoms with Crippen LogP contribution < -0.4 is 0 Å². The summed E-state index contributed by atoms with van der Waals surface area (Å²) in [4.78, 5) is 0. The minimum absolute atomic E-state index is 0.0211. The normalized spacial score (nSPS) is 16.8. The Balaban J connectivity index is 2.29. The standard InChI is InChI=1S/C24H34O2Si/c1-6-17-24(25,18-21-13-9-7-10-14-21)27(5,23(2,3)4)20-26-19-22-15-11-8-12-16-22/h6-17,25H,18-20H2,1-5H3/b17-6-/t24-,27-/m1/s1. The first-order valence-electron chi connectivity index (χ1n) is 9.74. The molecule has 0 aliphatic heterocycles. The van der Waals surface area contributed by atoms with Gasteiger partial charge in [-0.3, -0.25) is 0 Å². The van der Waals surface area contributed by atoms with Gasteiger partial charge in [0, 0.05) is 12.7 Å². The Kier molecular flexibility index (Phi) is 7.21. The Bertz CT molecular complexity index is 721. The van der Waals surface area contributed by atoms with E-state index in [1.54, 1.807) is 0 Å². The van der Waals surface area contributed by atoms with Gasteiger partial charge in [0.05, 0.1) is 11.8 Å². The van der Waals surface area contributed by atoms with E-state index in [4.69, 9.17) is 4.74 Å². The number of aliphatic hydroxyl groups is 1. The lowest BCUT2D eigenvalue weighted by Gasteiger charge is -2.50. The van der Waals surface area contributed by atoms with Crippen LogP contribution in [0.1, 0.15) is 38.8 Å². The molecule has 2 atom stereocenters. The number of rotatable bonds is 8. The van der Waals surface area contributed by atoms with Crippen molar-refractivity contribution in [1.82, 2.24) is 0 Å². The maximum Gasteiger partial charge on any atom is 0.127 e. The Morgan fingerprint density at radius 2 is 1.44 bits per heavy atom. The molecule has 0 fully saturated rings. The minimum Gasteiger partial charge on any atom is -0.389 e. The van der Waals surface area contributed by atoms with Crippen LogP contribution in [0.25, 0.3) is 0 Å². The molecule has 2 aromatic carbocycles. The van der Waals surface area contributed by atoms with Crippen LogP contribution in [0.15, 0.2) is 72.8 Å². The van der Waals surface area contributed by atoms with Gasteiger partial charge in [0.25, 0.3) is 0 Å². The van der Waals surface area contributed by atoms with Crippen molar-refractivity contribution in [3.63, 3.8) is 0 Å². The molecular weight excluding hydrogens is 348 g/mol. The van der Waals surface area contributed by atoms with Crippen LogP contribution >= 0.6 is 0 Å². The summed E-state index contributed by atoms with van der Waals surface area (Å²) in [5.74, 6) is 0. The molecule has 2 rings (SSSR count). The molecule has 3 heteroatoms. The molecule has 0 radical (unpaired) electrons. The van der Waals surface area contributed by atoms with E-state index in [0.29, 0.717) is 19.3 Å². The van der Waals surface area contributed by atoms with Gasteiger partial charge >= 0.3 is 0 Å². The van der Waals surface area contributed by atoms with E-state index in [2.05, 4.69) is 51.6 Å². The molecule has 146 valence electrons. The van der Waals surface area contributed by atoms with Gasteiger partial charge in [0.2, 0.25) is 0 Å². The molecule has 0 heterocycles. The average Bonchev–Trinajstić information content (AvgIpc) is 2.62. The zero-order valence-electron chi connectivity index (χ0n) is 17.4. The van der Waals surface area contributed by atoms with Crippen LogP contribution in [-0.2, 0) is 17.8 Å². The highest BCUT2D eigenvalue weighted by Gasteiger charge is 2.54.